The van der Waals surface area contributed by atoms with Crippen LogP contribution in [0.5, 0.6) is 0 Å². The Balaban J connectivity index is 1.28. The minimum absolute atomic E-state index is 0.188. The predicted molar refractivity (Wildman–Crippen MR) is 115 cm³/mol. The van der Waals surface area contributed by atoms with Gasteiger partial charge in [0.1, 0.15) is 0 Å². The summed E-state index contributed by atoms with van der Waals surface area (Å²) in [6.07, 6.45) is 5.25. The zero-order valence-electron chi connectivity index (χ0n) is 16.9. The summed E-state index contributed by atoms with van der Waals surface area (Å²) < 4.78 is 0. The molecule has 0 N–H and O–H groups in total. The van der Waals surface area contributed by atoms with E-state index < -0.39 is 0 Å². The summed E-state index contributed by atoms with van der Waals surface area (Å²) >= 11 is 0. The lowest BCUT2D eigenvalue weighted by atomic mass is 10.0. The van der Waals surface area contributed by atoms with Gasteiger partial charge in [-0.25, -0.2) is 9.97 Å². The van der Waals surface area contributed by atoms with Crippen LogP contribution in [-0.2, 0) is 13.0 Å². The van der Waals surface area contributed by atoms with Gasteiger partial charge in [-0.1, -0.05) is 0 Å². The van der Waals surface area contributed by atoms with Crippen LogP contribution in [0.2, 0.25) is 0 Å². The molecule has 4 heterocycles. The van der Waals surface area contributed by atoms with Gasteiger partial charge >= 0.3 is 0 Å². The lowest BCUT2D eigenvalue weighted by Crippen LogP contribution is -2.35. The Morgan fingerprint density at radius 2 is 1.86 bits per heavy atom. The molecule has 0 bridgehead atoms. The van der Waals surface area contributed by atoms with Gasteiger partial charge in [0.05, 0.1) is 6.54 Å². The van der Waals surface area contributed by atoms with E-state index in [2.05, 4.69) is 39.0 Å². The summed E-state index contributed by atoms with van der Waals surface area (Å²) in [5.41, 5.74) is 6.32. The van der Waals surface area contributed by atoms with Gasteiger partial charge in [0.25, 0.3) is 0 Å². The molecule has 3 aromatic rings. The Labute approximate surface area is 171 Å². The minimum atomic E-state index is 0.188. The highest BCUT2D eigenvalue weighted by atomic mass is 16.1. The lowest BCUT2D eigenvalue weighted by molar-refractivity contribution is 0.0921. The molecule has 2 aliphatic rings. The first kappa shape index (κ1) is 18.3. The van der Waals surface area contributed by atoms with Crippen molar-refractivity contribution >= 4 is 22.5 Å². The fourth-order valence-electron chi connectivity index (χ4n) is 4.46. The molecule has 2 aromatic heterocycles. The van der Waals surface area contributed by atoms with E-state index in [0.29, 0.717) is 6.54 Å². The molecule has 0 spiro atoms. The highest BCUT2D eigenvalue weighted by Gasteiger charge is 2.21. The first-order valence-electron chi connectivity index (χ1n) is 10.5. The van der Waals surface area contributed by atoms with Crippen LogP contribution >= 0.6 is 0 Å². The Morgan fingerprint density at radius 1 is 1.07 bits per heavy atom. The fraction of sp³-hybridized carbons (Fsp3) is 0.375. The highest BCUT2D eigenvalue weighted by molar-refractivity contribution is 5.98. The van der Waals surface area contributed by atoms with Crippen molar-refractivity contribution in [2.75, 3.05) is 31.1 Å². The molecule has 5 rings (SSSR count). The van der Waals surface area contributed by atoms with Crippen LogP contribution < -0.4 is 4.90 Å². The van der Waals surface area contributed by atoms with Crippen molar-refractivity contribution in [3.8, 4) is 0 Å². The maximum atomic E-state index is 12.8. The number of fused-ring (bicyclic) bond motifs is 2. The van der Waals surface area contributed by atoms with Gasteiger partial charge in [-0.15, -0.1) is 0 Å². The number of hydrogen-bond acceptors (Lipinski definition) is 5. The molecule has 5 nitrogen and oxygen atoms in total. The lowest BCUT2D eigenvalue weighted by Gasteiger charge is -2.27. The number of Topliss-reactive ketones (excluding diaryl/α,β-unsaturated/α-hetero) is 1. The Bertz CT molecular complexity index is 1050. The van der Waals surface area contributed by atoms with E-state index in [4.69, 9.17) is 4.98 Å². The van der Waals surface area contributed by atoms with Crippen LogP contribution in [0.3, 0.4) is 0 Å². The van der Waals surface area contributed by atoms with Gasteiger partial charge in [-0.3, -0.25) is 9.69 Å². The molecule has 0 amide bonds. The fourth-order valence-corrected chi connectivity index (χ4v) is 4.46. The van der Waals surface area contributed by atoms with Crippen molar-refractivity contribution < 1.29 is 4.79 Å². The van der Waals surface area contributed by atoms with Crippen molar-refractivity contribution in [1.29, 1.82) is 0 Å². The quantitative estimate of drug-likeness (QED) is 0.639. The summed E-state index contributed by atoms with van der Waals surface area (Å²) in [7, 11) is 0. The molecule has 0 unspecified atom stereocenters. The average Bonchev–Trinajstić information content (AvgIpc) is 3.27. The maximum Gasteiger partial charge on any atom is 0.176 e. The second kappa shape index (κ2) is 7.56. The van der Waals surface area contributed by atoms with Gasteiger partial charge in [0.15, 0.2) is 11.4 Å². The number of nitrogens with zero attached hydrogens (tertiary/aromatic N) is 4. The molecule has 0 aliphatic carbocycles. The Morgan fingerprint density at radius 3 is 2.66 bits per heavy atom. The van der Waals surface area contributed by atoms with E-state index >= 15 is 0 Å². The second-order valence-electron chi connectivity index (χ2n) is 8.28. The van der Waals surface area contributed by atoms with Crippen LogP contribution in [0.1, 0.15) is 40.0 Å². The number of benzene rings is 1. The molecule has 0 atom stereocenters. The minimum Gasteiger partial charge on any atom is -0.372 e. The maximum absolute atomic E-state index is 12.8. The van der Waals surface area contributed by atoms with Crippen LogP contribution in [0, 0.1) is 6.92 Å². The van der Waals surface area contributed by atoms with E-state index in [1.165, 1.54) is 24.1 Å². The van der Waals surface area contributed by atoms with Gasteiger partial charge in [-0.2, -0.15) is 0 Å². The molecular weight excluding hydrogens is 360 g/mol. The summed E-state index contributed by atoms with van der Waals surface area (Å²) in [5, 5.41) is 1.08. The van der Waals surface area contributed by atoms with E-state index in [9.17, 15) is 4.79 Å². The summed E-state index contributed by atoms with van der Waals surface area (Å²) in [5.74, 6) is 0.188. The molecular formula is C24H26N4O. The third-order valence-corrected chi connectivity index (χ3v) is 6.06. The first-order chi connectivity index (χ1) is 14.2. The van der Waals surface area contributed by atoms with E-state index in [1.54, 1.807) is 0 Å². The van der Waals surface area contributed by atoms with Gasteiger partial charge in [-0.05, 0) is 67.3 Å². The first-order valence-corrected chi connectivity index (χ1v) is 10.5. The summed E-state index contributed by atoms with van der Waals surface area (Å²) in [6.45, 7) is 6.37. The second-order valence-corrected chi connectivity index (χ2v) is 8.28. The van der Waals surface area contributed by atoms with Gasteiger partial charge < -0.3 is 4.90 Å². The monoisotopic (exact) mass is 386 g/mol. The topological polar surface area (TPSA) is 49.3 Å². The third-order valence-electron chi connectivity index (χ3n) is 6.06. The summed E-state index contributed by atoms with van der Waals surface area (Å²) in [6, 6.07) is 12.5. The zero-order valence-corrected chi connectivity index (χ0v) is 16.9. The Hall–Kier alpha value is -2.79. The number of ketones is 1. The van der Waals surface area contributed by atoms with Crippen molar-refractivity contribution in [1.82, 2.24) is 14.9 Å². The third kappa shape index (κ3) is 3.75. The number of carbonyl (C=O) groups excluding carboxylic acids is 1. The van der Waals surface area contributed by atoms with E-state index in [-0.39, 0.29) is 5.78 Å². The number of carbonyl (C=O) groups is 1. The molecule has 1 fully saturated rings. The van der Waals surface area contributed by atoms with Crippen molar-refractivity contribution in [2.45, 2.75) is 32.7 Å². The number of hydrogen-bond donors (Lipinski definition) is 0. The van der Waals surface area contributed by atoms with Gasteiger partial charge in [0.2, 0.25) is 0 Å². The summed E-state index contributed by atoms with van der Waals surface area (Å²) in [4.78, 5) is 26.7. The van der Waals surface area contributed by atoms with Gasteiger partial charge in [0, 0.05) is 61.1 Å². The molecule has 0 radical (unpaired) electrons. The SMILES string of the molecule is Cc1cnc2nc3c(cc2c1)CN(CC(=O)c1ccc(N2CCCC2)cc1)CC3. The molecule has 1 saturated heterocycles. The number of aryl methyl sites for hydroxylation is 1. The van der Waals surface area contributed by atoms with E-state index in [1.807, 2.05) is 25.3 Å². The largest absolute Gasteiger partial charge is 0.372 e. The average molecular weight is 386 g/mol. The standard InChI is InChI=1S/C24H26N4O/c1-17-12-19-13-20-15-27(11-8-22(20)26-24(19)25-14-17)16-23(29)18-4-6-21(7-5-18)28-9-2-3-10-28/h4-7,12-14H,2-3,8-11,15-16H2,1H3. The molecule has 148 valence electrons. The zero-order chi connectivity index (χ0) is 19.8. The molecule has 2 aliphatic heterocycles. The molecule has 5 heteroatoms. The number of anilines is 1. The smallest absolute Gasteiger partial charge is 0.176 e. The van der Waals surface area contributed by atoms with Crippen LogP contribution in [-0.4, -0.2) is 46.8 Å². The van der Waals surface area contributed by atoms with Crippen LogP contribution in [0.4, 0.5) is 5.69 Å². The predicted octanol–water partition coefficient (Wildman–Crippen LogP) is 3.78. The highest BCUT2D eigenvalue weighted by Crippen LogP contribution is 2.23. The Kier molecular flexibility index (Phi) is 4.76. The van der Waals surface area contributed by atoms with Crippen molar-refractivity contribution in [3.05, 3.63) is 65.0 Å². The normalized spacial score (nSPS) is 16.9. The van der Waals surface area contributed by atoms with Crippen LogP contribution in [0.25, 0.3) is 11.0 Å². The number of pyridine rings is 2. The molecule has 1 aromatic carbocycles. The van der Waals surface area contributed by atoms with Crippen molar-refractivity contribution in [3.63, 3.8) is 0 Å². The van der Waals surface area contributed by atoms with E-state index in [0.717, 1.165) is 60.5 Å². The molecule has 29 heavy (non-hydrogen) atoms. The van der Waals surface area contributed by atoms with Crippen LogP contribution in [0.15, 0.2) is 42.6 Å². The molecule has 0 saturated carbocycles. The van der Waals surface area contributed by atoms with Crippen molar-refractivity contribution in [2.24, 2.45) is 0 Å². The number of aromatic nitrogens is 2. The number of rotatable bonds is 4.